The number of carbonyl (C=O) groups excluding carboxylic acids is 2. The van der Waals surface area contributed by atoms with Crippen molar-refractivity contribution < 1.29 is 9.59 Å². The Morgan fingerprint density at radius 1 is 1.20 bits per heavy atom. The van der Waals surface area contributed by atoms with Crippen molar-refractivity contribution in [3.8, 4) is 0 Å². The van der Waals surface area contributed by atoms with Crippen LogP contribution < -0.4 is 16.0 Å². The SMILES string of the molecule is CC1CCN(Cc2csc(NC(=O)c3ccc(CNC(=O)NC(C)C)cc3)n2)CC1. The van der Waals surface area contributed by atoms with Crippen molar-refractivity contribution in [3.05, 3.63) is 46.5 Å². The van der Waals surface area contributed by atoms with Gasteiger partial charge in [0.15, 0.2) is 5.13 Å². The fourth-order valence-electron chi connectivity index (χ4n) is 3.33. The third-order valence-corrected chi connectivity index (χ3v) is 5.93. The van der Waals surface area contributed by atoms with Crippen molar-refractivity contribution in [2.45, 2.75) is 52.7 Å². The Balaban J connectivity index is 1.47. The number of likely N-dealkylation sites (tertiary alicyclic amines) is 1. The predicted molar refractivity (Wildman–Crippen MR) is 121 cm³/mol. The van der Waals surface area contributed by atoms with Crippen molar-refractivity contribution in [3.63, 3.8) is 0 Å². The molecule has 0 spiro atoms. The first-order chi connectivity index (χ1) is 14.4. The quantitative estimate of drug-likeness (QED) is 0.624. The van der Waals surface area contributed by atoms with E-state index in [0.717, 1.165) is 36.8 Å². The second-order valence-corrected chi connectivity index (χ2v) is 9.09. The molecule has 1 fully saturated rings. The van der Waals surface area contributed by atoms with E-state index in [0.29, 0.717) is 17.2 Å². The molecule has 1 saturated heterocycles. The Morgan fingerprint density at radius 2 is 1.90 bits per heavy atom. The lowest BCUT2D eigenvalue weighted by Gasteiger charge is -2.29. The van der Waals surface area contributed by atoms with Crippen LogP contribution in [0.1, 0.15) is 55.2 Å². The maximum atomic E-state index is 12.5. The Bertz CT molecular complexity index is 841. The van der Waals surface area contributed by atoms with Gasteiger partial charge in [0.05, 0.1) is 5.69 Å². The Kier molecular flexibility index (Phi) is 7.81. The van der Waals surface area contributed by atoms with Crippen LogP contribution in [0.25, 0.3) is 0 Å². The Morgan fingerprint density at radius 3 is 2.57 bits per heavy atom. The molecule has 8 heteroatoms. The van der Waals surface area contributed by atoms with Gasteiger partial charge in [0, 0.05) is 30.1 Å². The molecule has 0 aliphatic carbocycles. The number of nitrogens with zero attached hydrogens (tertiary/aromatic N) is 2. The number of benzene rings is 1. The Labute approximate surface area is 182 Å². The van der Waals surface area contributed by atoms with Gasteiger partial charge in [0.1, 0.15) is 0 Å². The van der Waals surface area contributed by atoms with E-state index in [9.17, 15) is 9.59 Å². The van der Waals surface area contributed by atoms with Crippen LogP contribution in [0.4, 0.5) is 9.93 Å². The number of urea groups is 1. The number of amides is 3. The summed E-state index contributed by atoms with van der Waals surface area (Å²) in [5.74, 6) is 0.630. The second-order valence-electron chi connectivity index (χ2n) is 8.24. The predicted octanol–water partition coefficient (Wildman–Crippen LogP) is 3.83. The number of thiazole rings is 1. The maximum absolute atomic E-state index is 12.5. The van der Waals surface area contributed by atoms with E-state index in [-0.39, 0.29) is 18.0 Å². The van der Waals surface area contributed by atoms with E-state index in [2.05, 4.69) is 32.8 Å². The molecule has 1 aliphatic heterocycles. The summed E-state index contributed by atoms with van der Waals surface area (Å²) in [6.45, 7) is 9.59. The van der Waals surface area contributed by atoms with Crippen molar-refractivity contribution in [2.24, 2.45) is 5.92 Å². The lowest BCUT2D eigenvalue weighted by Crippen LogP contribution is -2.39. The largest absolute Gasteiger partial charge is 0.336 e. The minimum Gasteiger partial charge on any atom is -0.336 e. The summed E-state index contributed by atoms with van der Waals surface area (Å²) in [5.41, 5.74) is 2.50. The zero-order valence-corrected chi connectivity index (χ0v) is 18.7. The smallest absolute Gasteiger partial charge is 0.315 e. The van der Waals surface area contributed by atoms with Crippen LogP contribution in [0, 0.1) is 5.92 Å². The summed E-state index contributed by atoms with van der Waals surface area (Å²) >= 11 is 1.46. The lowest BCUT2D eigenvalue weighted by atomic mass is 9.99. The molecule has 0 bridgehead atoms. The van der Waals surface area contributed by atoms with Crippen LogP contribution in [0.3, 0.4) is 0 Å². The van der Waals surface area contributed by atoms with Gasteiger partial charge >= 0.3 is 6.03 Å². The molecule has 0 unspecified atom stereocenters. The van der Waals surface area contributed by atoms with Gasteiger partial charge in [-0.15, -0.1) is 11.3 Å². The van der Waals surface area contributed by atoms with Crippen molar-refractivity contribution in [2.75, 3.05) is 18.4 Å². The molecular formula is C22H31N5O2S. The molecule has 0 saturated carbocycles. The number of rotatable bonds is 7. The van der Waals surface area contributed by atoms with Gasteiger partial charge in [0.25, 0.3) is 5.91 Å². The maximum Gasteiger partial charge on any atom is 0.315 e. The molecule has 3 amide bonds. The first kappa shape index (κ1) is 22.2. The average Bonchev–Trinajstić information content (AvgIpc) is 3.15. The van der Waals surface area contributed by atoms with Gasteiger partial charge in [-0.25, -0.2) is 9.78 Å². The summed E-state index contributed by atoms with van der Waals surface area (Å²) in [4.78, 5) is 31.2. The molecule has 7 nitrogen and oxygen atoms in total. The number of piperidine rings is 1. The highest BCUT2D eigenvalue weighted by Gasteiger charge is 2.17. The summed E-state index contributed by atoms with van der Waals surface area (Å²) in [6, 6.07) is 7.09. The first-order valence-electron chi connectivity index (χ1n) is 10.5. The van der Waals surface area contributed by atoms with Crippen LogP contribution in [0.2, 0.25) is 0 Å². The summed E-state index contributed by atoms with van der Waals surface area (Å²) in [5, 5.41) is 11.1. The molecule has 1 aromatic heterocycles. The summed E-state index contributed by atoms with van der Waals surface area (Å²) in [7, 11) is 0. The van der Waals surface area contributed by atoms with E-state index in [1.165, 1.54) is 24.2 Å². The number of hydrogen-bond acceptors (Lipinski definition) is 5. The van der Waals surface area contributed by atoms with Crippen LogP contribution in [0.15, 0.2) is 29.6 Å². The molecule has 3 N–H and O–H groups in total. The molecule has 2 aromatic rings. The lowest BCUT2D eigenvalue weighted by molar-refractivity contribution is 0.102. The van der Waals surface area contributed by atoms with Crippen molar-refractivity contribution in [1.82, 2.24) is 20.5 Å². The summed E-state index contributed by atoms with van der Waals surface area (Å²) < 4.78 is 0. The van der Waals surface area contributed by atoms with Gasteiger partial charge in [-0.2, -0.15) is 0 Å². The first-order valence-corrected chi connectivity index (χ1v) is 11.4. The monoisotopic (exact) mass is 429 g/mol. The third kappa shape index (κ3) is 6.81. The molecular weight excluding hydrogens is 398 g/mol. The zero-order valence-electron chi connectivity index (χ0n) is 17.9. The van der Waals surface area contributed by atoms with Gasteiger partial charge in [-0.1, -0.05) is 19.1 Å². The highest BCUT2D eigenvalue weighted by Crippen LogP contribution is 2.21. The normalized spacial score (nSPS) is 15.2. The van der Waals surface area contributed by atoms with Crippen LogP contribution in [0.5, 0.6) is 0 Å². The highest BCUT2D eigenvalue weighted by molar-refractivity contribution is 7.13. The number of anilines is 1. The highest BCUT2D eigenvalue weighted by atomic mass is 32.1. The van der Waals surface area contributed by atoms with E-state index in [1.54, 1.807) is 12.1 Å². The molecule has 1 aliphatic rings. The molecule has 1 aromatic carbocycles. The zero-order chi connectivity index (χ0) is 21.5. The van der Waals surface area contributed by atoms with Crippen LogP contribution in [-0.4, -0.2) is 41.0 Å². The number of hydrogen-bond donors (Lipinski definition) is 3. The standard InChI is InChI=1S/C22H31N5O2S/c1-15(2)24-21(29)23-12-17-4-6-18(7-5-17)20(28)26-22-25-19(14-30-22)13-27-10-8-16(3)9-11-27/h4-7,14-16H,8-13H2,1-3H3,(H2,23,24,29)(H,25,26,28). The Hall–Kier alpha value is -2.45. The van der Waals surface area contributed by atoms with Crippen molar-refractivity contribution >= 4 is 28.4 Å². The number of aromatic nitrogens is 1. The minimum absolute atomic E-state index is 0.0889. The molecule has 3 rings (SSSR count). The molecule has 162 valence electrons. The van der Waals surface area contributed by atoms with E-state index >= 15 is 0 Å². The van der Waals surface area contributed by atoms with Crippen LogP contribution >= 0.6 is 11.3 Å². The van der Waals surface area contributed by atoms with E-state index in [1.807, 2.05) is 31.4 Å². The van der Waals surface area contributed by atoms with Gasteiger partial charge in [0.2, 0.25) is 0 Å². The van der Waals surface area contributed by atoms with Gasteiger partial charge in [-0.05, 0) is 63.4 Å². The van der Waals surface area contributed by atoms with Gasteiger partial charge in [-0.3, -0.25) is 15.0 Å². The molecule has 0 radical (unpaired) electrons. The molecule has 30 heavy (non-hydrogen) atoms. The fourth-order valence-corrected chi connectivity index (χ4v) is 4.02. The topological polar surface area (TPSA) is 86.4 Å². The summed E-state index contributed by atoms with van der Waals surface area (Å²) in [6.07, 6.45) is 2.48. The van der Waals surface area contributed by atoms with Crippen molar-refractivity contribution in [1.29, 1.82) is 0 Å². The molecule has 0 atom stereocenters. The van der Waals surface area contributed by atoms with Gasteiger partial charge < -0.3 is 10.6 Å². The third-order valence-electron chi connectivity index (χ3n) is 5.12. The minimum atomic E-state index is -0.203. The average molecular weight is 430 g/mol. The number of carbonyl (C=O) groups is 2. The molecule has 2 heterocycles. The fraction of sp³-hybridized carbons (Fsp3) is 0.500. The van der Waals surface area contributed by atoms with Crippen LogP contribution in [-0.2, 0) is 13.1 Å². The van der Waals surface area contributed by atoms with E-state index in [4.69, 9.17) is 0 Å². The number of nitrogens with one attached hydrogen (secondary N) is 3. The second kappa shape index (κ2) is 10.5. The van der Waals surface area contributed by atoms with E-state index < -0.39 is 0 Å².